The fourth-order valence-corrected chi connectivity index (χ4v) is 3.52. The highest BCUT2D eigenvalue weighted by Crippen LogP contribution is 2.17. The van der Waals surface area contributed by atoms with Gasteiger partial charge in [-0.05, 0) is 6.42 Å². The number of ketones is 1. The van der Waals surface area contributed by atoms with Gasteiger partial charge in [0.2, 0.25) is 0 Å². The zero-order valence-electron chi connectivity index (χ0n) is 12.9. The van der Waals surface area contributed by atoms with Gasteiger partial charge in [-0.2, -0.15) is 0 Å². The number of Topliss-reactive ketones (excluding diaryl/α,β-unsaturated/α-hetero) is 1. The Kier molecular flexibility index (Phi) is 10.9. The number of hydrogen-bond donors (Lipinski definition) is 2. The maximum absolute atomic E-state index is 11.4. The van der Waals surface area contributed by atoms with Crippen LogP contribution in [0.3, 0.4) is 0 Å². The van der Waals surface area contributed by atoms with Crippen molar-refractivity contribution >= 4 is 14.6 Å². The molecule has 0 radical (unpaired) electrons. The third-order valence-electron chi connectivity index (χ3n) is 3.08. The van der Waals surface area contributed by atoms with Crippen molar-refractivity contribution in [2.45, 2.75) is 24.7 Å². The molecule has 4 N–H and O–H groups in total. The van der Waals surface area contributed by atoms with Crippen LogP contribution in [0.5, 0.6) is 0 Å². The molecule has 1 rings (SSSR count). The number of aliphatic hydroxyl groups is 2. The van der Waals surface area contributed by atoms with Crippen LogP contribution in [0, 0.1) is 0 Å². The third-order valence-corrected chi connectivity index (χ3v) is 5.87. The second kappa shape index (κ2) is 11.2. The van der Waals surface area contributed by atoms with Crippen molar-refractivity contribution in [3.8, 4) is 0 Å². The van der Waals surface area contributed by atoms with Gasteiger partial charge in [-0.3, -0.25) is 4.79 Å². The van der Waals surface area contributed by atoms with Gasteiger partial charge in [-0.15, -0.1) is 0 Å². The summed E-state index contributed by atoms with van der Waals surface area (Å²) in [6.07, 6.45) is -0.546. The predicted molar refractivity (Wildman–Crippen MR) is 77.4 cm³/mol. The van der Waals surface area contributed by atoms with Crippen molar-refractivity contribution in [1.82, 2.24) is 0 Å². The van der Waals surface area contributed by atoms with E-state index in [9.17, 15) is 9.90 Å². The fraction of sp³-hybridized carbons (Fsp3) is 0.917. The molecule has 0 saturated carbocycles. The lowest BCUT2D eigenvalue weighted by Crippen LogP contribution is -2.46. The molecule has 0 amide bonds. The number of rotatable bonds is 13. The minimum Gasteiger partial charge on any atom is -0.412 e. The molecule has 0 spiro atoms. The zero-order valence-corrected chi connectivity index (χ0v) is 13.9. The van der Waals surface area contributed by atoms with Crippen LogP contribution in [0.4, 0.5) is 0 Å². The first kappa shape index (κ1) is 21.6. The van der Waals surface area contributed by atoms with Crippen LogP contribution in [0.1, 0.15) is 6.42 Å². The Balaban J connectivity index is 0.00000441. The van der Waals surface area contributed by atoms with Gasteiger partial charge in [0.15, 0.2) is 5.78 Å². The van der Waals surface area contributed by atoms with E-state index in [1.54, 1.807) is 0 Å². The molecule has 1 aliphatic heterocycles. The monoisotopic (exact) mass is 342 g/mol. The number of carbonyl (C=O) groups excluding carboxylic acids is 1. The summed E-state index contributed by atoms with van der Waals surface area (Å²) in [6, 6.07) is 0.494. The van der Waals surface area contributed by atoms with E-state index in [2.05, 4.69) is 0 Å². The molecule has 22 heavy (non-hydrogen) atoms. The lowest BCUT2D eigenvalue weighted by atomic mass is 10.3. The molecular weight excluding hydrogens is 316 g/mol. The number of ether oxygens (including phenoxy) is 2. The Morgan fingerprint density at radius 1 is 1.41 bits per heavy atom. The Morgan fingerprint density at radius 3 is 2.55 bits per heavy atom. The summed E-state index contributed by atoms with van der Waals surface area (Å²) in [5.74, 6) is -0.606. The topological polar surface area (TPSA) is 138 Å². The average molecular weight is 342 g/mol. The second-order valence-electron chi connectivity index (χ2n) is 4.68. The van der Waals surface area contributed by atoms with Gasteiger partial charge in [0, 0.05) is 26.9 Å². The van der Waals surface area contributed by atoms with Crippen LogP contribution in [0.15, 0.2) is 0 Å². The van der Waals surface area contributed by atoms with Gasteiger partial charge >= 0.3 is 8.80 Å². The predicted octanol–water partition coefficient (Wildman–Crippen LogP) is -1.86. The Hall–Kier alpha value is -0.433. The van der Waals surface area contributed by atoms with Crippen LogP contribution < -0.4 is 0 Å². The molecule has 0 bridgehead atoms. The summed E-state index contributed by atoms with van der Waals surface area (Å²) in [6.45, 7) is 0.877. The van der Waals surface area contributed by atoms with E-state index in [1.165, 1.54) is 14.2 Å². The third kappa shape index (κ3) is 7.72. The van der Waals surface area contributed by atoms with Gasteiger partial charge in [0.25, 0.3) is 0 Å². The first-order valence-electron chi connectivity index (χ1n) is 6.82. The zero-order chi connectivity index (χ0) is 15.7. The Labute approximate surface area is 130 Å². The lowest BCUT2D eigenvalue weighted by Gasteiger charge is -2.26. The van der Waals surface area contributed by atoms with Crippen LogP contribution >= 0.6 is 0 Å². The smallest absolute Gasteiger partial charge is 0.412 e. The molecule has 10 heteroatoms. The number of carbonyl (C=O) groups is 1. The highest BCUT2D eigenvalue weighted by molar-refractivity contribution is 6.60. The molecule has 1 heterocycles. The van der Waals surface area contributed by atoms with E-state index in [1.807, 2.05) is 0 Å². The van der Waals surface area contributed by atoms with Crippen LogP contribution in [-0.4, -0.2) is 89.7 Å². The number of hydrogen-bond acceptors (Lipinski definition) is 8. The van der Waals surface area contributed by atoms with Crippen molar-refractivity contribution in [3.63, 3.8) is 0 Å². The van der Waals surface area contributed by atoms with E-state index in [-0.39, 0.29) is 18.2 Å². The van der Waals surface area contributed by atoms with Crippen LogP contribution in [0.2, 0.25) is 6.04 Å². The molecule has 2 atom stereocenters. The largest absolute Gasteiger partial charge is 0.500 e. The highest BCUT2D eigenvalue weighted by atomic mass is 28.4. The van der Waals surface area contributed by atoms with E-state index >= 15 is 0 Å². The molecule has 1 aliphatic rings. The molecular formula is C12H26O9Si. The van der Waals surface area contributed by atoms with Crippen LogP contribution in [-0.2, 0) is 27.5 Å². The average Bonchev–Trinajstić information content (AvgIpc) is 3.33. The molecule has 9 nitrogen and oxygen atoms in total. The van der Waals surface area contributed by atoms with E-state index in [0.29, 0.717) is 25.7 Å². The van der Waals surface area contributed by atoms with Crippen molar-refractivity contribution in [2.24, 2.45) is 0 Å². The molecule has 1 saturated heterocycles. The maximum atomic E-state index is 11.4. The maximum Gasteiger partial charge on any atom is 0.500 e. The second-order valence-corrected chi connectivity index (χ2v) is 7.65. The van der Waals surface area contributed by atoms with Crippen molar-refractivity contribution < 1.29 is 43.2 Å². The number of aliphatic hydroxyl groups excluding tert-OH is 2. The minimum atomic E-state index is -2.95. The quantitative estimate of drug-likeness (QED) is 0.226. The van der Waals surface area contributed by atoms with Crippen molar-refractivity contribution in [2.75, 3.05) is 47.3 Å². The van der Waals surface area contributed by atoms with Gasteiger partial charge in [-0.25, -0.2) is 0 Å². The summed E-state index contributed by atoms with van der Waals surface area (Å²) < 4.78 is 26.5. The normalized spacial score (nSPS) is 18.6. The number of epoxide rings is 1. The standard InChI is InChI=1S/C12H24O8Si.H2O/c1-16-21(17-2,20-9-12(15)11(14)6-13)5-3-4-18-7-10-8-19-10;/h10-11,13-14H,3-9H2,1-2H3;1H2. The molecule has 2 unspecified atom stereocenters. The highest BCUT2D eigenvalue weighted by Gasteiger charge is 2.39. The summed E-state index contributed by atoms with van der Waals surface area (Å²) in [5, 5.41) is 17.9. The van der Waals surface area contributed by atoms with E-state index in [4.69, 9.17) is 27.9 Å². The van der Waals surface area contributed by atoms with Gasteiger partial charge < -0.3 is 38.4 Å². The summed E-state index contributed by atoms with van der Waals surface area (Å²) >= 11 is 0. The van der Waals surface area contributed by atoms with Gasteiger partial charge in [0.05, 0.1) is 26.4 Å². The van der Waals surface area contributed by atoms with Crippen LogP contribution in [0.25, 0.3) is 0 Å². The molecule has 1 fully saturated rings. The van der Waals surface area contributed by atoms with E-state index in [0.717, 1.165) is 6.61 Å². The summed E-state index contributed by atoms with van der Waals surface area (Å²) in [7, 11) is -0.0315. The Bertz CT molecular complexity index is 307. The molecule has 0 aliphatic carbocycles. The lowest BCUT2D eigenvalue weighted by molar-refractivity contribution is -0.132. The summed E-state index contributed by atoms with van der Waals surface area (Å²) in [4.78, 5) is 11.4. The molecule has 0 aromatic carbocycles. The SMILES string of the molecule is CO[Si](CCCOCC1CO1)(OC)OCC(=O)C(O)CO.O. The summed E-state index contributed by atoms with van der Waals surface area (Å²) in [5.41, 5.74) is 0. The Morgan fingerprint density at radius 2 is 2.05 bits per heavy atom. The van der Waals surface area contributed by atoms with Crippen molar-refractivity contribution in [3.05, 3.63) is 0 Å². The first-order chi connectivity index (χ1) is 10.1. The first-order valence-corrected chi connectivity index (χ1v) is 8.75. The molecule has 132 valence electrons. The fourth-order valence-electron chi connectivity index (χ4n) is 1.63. The minimum absolute atomic E-state index is 0. The molecule has 0 aromatic heterocycles. The van der Waals surface area contributed by atoms with Gasteiger partial charge in [0.1, 0.15) is 12.2 Å². The van der Waals surface area contributed by atoms with Crippen molar-refractivity contribution in [1.29, 1.82) is 0 Å². The van der Waals surface area contributed by atoms with Gasteiger partial charge in [-0.1, -0.05) is 0 Å². The van der Waals surface area contributed by atoms with E-state index < -0.39 is 27.3 Å². The molecule has 0 aromatic rings.